The predicted octanol–water partition coefficient (Wildman–Crippen LogP) is 4.62. The largest absolute Gasteiger partial charge is 0.295 e. The van der Waals surface area contributed by atoms with E-state index in [0.29, 0.717) is 17.0 Å². The number of nitrogens with zero attached hydrogens (tertiary/aromatic N) is 1. The topological polar surface area (TPSA) is 30.0 Å². The molecule has 1 aromatic heterocycles. The number of allylic oxidation sites excluding steroid dienone is 1. The highest BCUT2D eigenvalue weighted by atomic mass is 32.2. The van der Waals surface area contributed by atoms with Gasteiger partial charge in [0.1, 0.15) is 0 Å². The van der Waals surface area contributed by atoms with Crippen molar-refractivity contribution in [2.75, 3.05) is 0 Å². The van der Waals surface area contributed by atoms with Gasteiger partial charge in [-0.25, -0.2) is 4.98 Å². The van der Waals surface area contributed by atoms with E-state index in [1.807, 2.05) is 23.9 Å². The Kier molecular flexibility index (Phi) is 3.12. The van der Waals surface area contributed by atoms with E-state index in [9.17, 15) is 4.79 Å². The second kappa shape index (κ2) is 5.20. The average Bonchev–Trinajstić information content (AvgIpc) is 2.60. The van der Waals surface area contributed by atoms with Gasteiger partial charge in [0.15, 0.2) is 5.78 Å². The van der Waals surface area contributed by atoms with Crippen molar-refractivity contribution in [2.45, 2.75) is 36.7 Å². The second-order valence-corrected chi connectivity index (χ2v) is 8.11. The number of hydrogen-bond acceptors (Lipinski definition) is 3. The Hall–Kier alpha value is -1.61. The van der Waals surface area contributed by atoms with Crippen LogP contribution in [0.5, 0.6) is 0 Å². The molecule has 2 heterocycles. The van der Waals surface area contributed by atoms with E-state index in [1.54, 1.807) is 0 Å². The third-order valence-electron chi connectivity index (χ3n) is 5.67. The Bertz CT molecular complexity index is 841. The van der Waals surface area contributed by atoms with E-state index < -0.39 is 0 Å². The fraction of sp³-hybridized carbons (Fsp3) is 0.400. The lowest BCUT2D eigenvalue weighted by atomic mass is 9.69. The molecule has 0 radical (unpaired) electrons. The quantitative estimate of drug-likeness (QED) is 0.709. The number of carbonyl (C=O) groups is 1. The number of rotatable bonds is 0. The van der Waals surface area contributed by atoms with E-state index in [4.69, 9.17) is 4.98 Å². The lowest BCUT2D eigenvalue weighted by molar-refractivity contribution is -0.121. The van der Waals surface area contributed by atoms with Crippen molar-refractivity contribution >= 4 is 34.0 Å². The van der Waals surface area contributed by atoms with E-state index >= 15 is 0 Å². The van der Waals surface area contributed by atoms with Crippen LogP contribution in [-0.2, 0) is 10.5 Å². The summed E-state index contributed by atoms with van der Waals surface area (Å²) in [5.74, 6) is 2.17. The van der Waals surface area contributed by atoms with E-state index in [1.165, 1.54) is 35.8 Å². The minimum atomic E-state index is 0.270. The molecule has 2 nitrogen and oxygen atoms in total. The molecule has 0 amide bonds. The summed E-state index contributed by atoms with van der Waals surface area (Å²) in [6, 6.07) is 10.6. The van der Waals surface area contributed by atoms with Gasteiger partial charge in [-0.05, 0) is 48.1 Å². The zero-order valence-electron chi connectivity index (χ0n) is 13.0. The number of thioether (sulfide) groups is 1. The zero-order chi connectivity index (χ0) is 15.4. The molecular formula is C20H19NOS. The molecule has 23 heavy (non-hydrogen) atoms. The first kappa shape index (κ1) is 13.8. The van der Waals surface area contributed by atoms with Crippen LogP contribution in [0.15, 0.2) is 36.4 Å². The number of fused-ring (bicyclic) bond motifs is 6. The van der Waals surface area contributed by atoms with Gasteiger partial charge in [-0.3, -0.25) is 4.79 Å². The number of hydrogen-bond donors (Lipinski definition) is 0. The summed E-state index contributed by atoms with van der Waals surface area (Å²) in [6.07, 6.45) is 6.71. The monoisotopic (exact) mass is 321 g/mol. The van der Waals surface area contributed by atoms with Crippen LogP contribution in [0, 0.1) is 11.8 Å². The Morgan fingerprint density at radius 1 is 1.13 bits per heavy atom. The Balaban J connectivity index is 1.67. The first-order valence-electron chi connectivity index (χ1n) is 8.57. The molecule has 3 aliphatic rings. The second-order valence-electron chi connectivity index (χ2n) is 6.98. The van der Waals surface area contributed by atoms with Gasteiger partial charge in [0.05, 0.1) is 11.2 Å². The van der Waals surface area contributed by atoms with Crippen LogP contribution in [-0.4, -0.2) is 16.0 Å². The molecule has 3 unspecified atom stereocenters. The van der Waals surface area contributed by atoms with Gasteiger partial charge in [-0.1, -0.05) is 31.0 Å². The summed E-state index contributed by atoms with van der Waals surface area (Å²) in [4.78, 5) is 17.6. The van der Waals surface area contributed by atoms with Gasteiger partial charge < -0.3 is 0 Å². The van der Waals surface area contributed by atoms with E-state index in [2.05, 4.69) is 24.3 Å². The lowest BCUT2D eigenvalue weighted by Crippen LogP contribution is -2.39. The molecule has 2 aromatic rings. The van der Waals surface area contributed by atoms with Gasteiger partial charge in [0.2, 0.25) is 0 Å². The molecule has 0 bridgehead atoms. The van der Waals surface area contributed by atoms with E-state index in [0.717, 1.165) is 23.4 Å². The molecular weight excluding hydrogens is 302 g/mol. The number of ketones is 1. The van der Waals surface area contributed by atoms with Crippen LogP contribution in [0.2, 0.25) is 0 Å². The zero-order valence-corrected chi connectivity index (χ0v) is 13.8. The number of benzene rings is 1. The standard InChI is InChI=1S/C20H19NOS/c22-18-10-16-19-13(9-12-5-1-4-8-17(12)21-19)11-23-20(16)15-7-3-2-6-14(15)18/h1,4-5,8-10,14-15,20H,2-3,6-7,11H2. The summed E-state index contributed by atoms with van der Waals surface area (Å²) in [5.41, 5.74) is 4.62. The molecule has 0 saturated heterocycles. The molecule has 3 heteroatoms. The van der Waals surface area contributed by atoms with Crippen LogP contribution >= 0.6 is 11.8 Å². The minimum absolute atomic E-state index is 0.270. The van der Waals surface area contributed by atoms with Gasteiger partial charge in [0, 0.05) is 22.3 Å². The first-order valence-corrected chi connectivity index (χ1v) is 9.62. The maximum Gasteiger partial charge on any atom is 0.159 e. The van der Waals surface area contributed by atoms with Crippen molar-refractivity contribution in [3.63, 3.8) is 0 Å². The van der Waals surface area contributed by atoms with Crippen molar-refractivity contribution in [1.29, 1.82) is 0 Å². The van der Waals surface area contributed by atoms with Crippen LogP contribution in [0.1, 0.15) is 36.9 Å². The highest BCUT2D eigenvalue weighted by Gasteiger charge is 2.43. The SMILES string of the molecule is O=C1C=C2c3nc4ccccc4cc3CSC2C2CCCCC12. The maximum atomic E-state index is 12.6. The van der Waals surface area contributed by atoms with Crippen LogP contribution in [0.25, 0.3) is 16.5 Å². The fourth-order valence-corrected chi connectivity index (χ4v) is 6.08. The molecule has 1 saturated carbocycles. The third kappa shape index (κ3) is 2.09. The molecule has 1 aromatic carbocycles. The van der Waals surface area contributed by atoms with Crippen molar-refractivity contribution in [3.05, 3.63) is 47.7 Å². The number of carbonyl (C=O) groups excluding carboxylic acids is 1. The van der Waals surface area contributed by atoms with Gasteiger partial charge in [-0.2, -0.15) is 0 Å². The molecule has 3 atom stereocenters. The Labute approximate surface area is 140 Å². The van der Waals surface area contributed by atoms with Crippen molar-refractivity contribution in [3.8, 4) is 0 Å². The van der Waals surface area contributed by atoms with Gasteiger partial charge in [-0.15, -0.1) is 11.8 Å². The number of aromatic nitrogens is 1. The molecule has 1 fully saturated rings. The highest BCUT2D eigenvalue weighted by molar-refractivity contribution is 7.99. The lowest BCUT2D eigenvalue weighted by Gasteiger charge is -2.42. The summed E-state index contributed by atoms with van der Waals surface area (Å²) in [7, 11) is 0. The van der Waals surface area contributed by atoms with Crippen LogP contribution < -0.4 is 0 Å². The summed E-state index contributed by atoms with van der Waals surface area (Å²) in [6.45, 7) is 0. The third-order valence-corrected chi connectivity index (χ3v) is 7.11. The van der Waals surface area contributed by atoms with Gasteiger partial charge in [0.25, 0.3) is 0 Å². The number of pyridine rings is 1. The van der Waals surface area contributed by atoms with Crippen molar-refractivity contribution in [2.24, 2.45) is 11.8 Å². The molecule has 0 spiro atoms. The molecule has 5 rings (SSSR count). The molecule has 1 aliphatic heterocycles. The van der Waals surface area contributed by atoms with Crippen molar-refractivity contribution in [1.82, 2.24) is 4.98 Å². The maximum absolute atomic E-state index is 12.6. The van der Waals surface area contributed by atoms with E-state index in [-0.39, 0.29) is 5.92 Å². The molecule has 0 N–H and O–H groups in total. The Morgan fingerprint density at radius 3 is 2.96 bits per heavy atom. The number of para-hydroxylation sites is 1. The average molecular weight is 321 g/mol. The minimum Gasteiger partial charge on any atom is -0.295 e. The summed E-state index contributed by atoms with van der Waals surface area (Å²) < 4.78 is 0. The van der Waals surface area contributed by atoms with Crippen LogP contribution in [0.3, 0.4) is 0 Å². The van der Waals surface area contributed by atoms with Gasteiger partial charge >= 0.3 is 0 Å². The molecule has 116 valence electrons. The predicted molar refractivity (Wildman–Crippen MR) is 95.3 cm³/mol. The smallest absolute Gasteiger partial charge is 0.159 e. The Morgan fingerprint density at radius 2 is 2.00 bits per heavy atom. The summed E-state index contributed by atoms with van der Waals surface area (Å²) >= 11 is 2.03. The van der Waals surface area contributed by atoms with Crippen molar-refractivity contribution < 1.29 is 4.79 Å². The first-order chi connectivity index (χ1) is 11.3. The summed E-state index contributed by atoms with van der Waals surface area (Å²) in [5, 5.41) is 1.67. The van der Waals surface area contributed by atoms with Crippen LogP contribution in [0.4, 0.5) is 0 Å². The highest BCUT2D eigenvalue weighted by Crippen LogP contribution is 2.50. The fourth-order valence-electron chi connectivity index (χ4n) is 4.56. The normalized spacial score (nSPS) is 29.5. The molecule has 2 aliphatic carbocycles.